The van der Waals surface area contributed by atoms with Gasteiger partial charge in [0.1, 0.15) is 6.10 Å². The summed E-state index contributed by atoms with van der Waals surface area (Å²) < 4.78 is 5.56. The molecule has 19 heavy (non-hydrogen) atoms. The predicted molar refractivity (Wildman–Crippen MR) is 69.2 cm³/mol. The third kappa shape index (κ3) is 1.77. The fourth-order valence-corrected chi connectivity index (χ4v) is 4.09. The highest BCUT2D eigenvalue weighted by atomic mass is 16.6. The second kappa shape index (κ2) is 4.06. The molecule has 3 rings (SSSR count). The molecule has 0 spiro atoms. The number of carbonyl (C=O) groups excluding carboxylic acids is 1. The quantitative estimate of drug-likeness (QED) is 0.514. The molecule has 2 N–H and O–H groups in total. The first-order valence-corrected chi connectivity index (χ1v) is 7.14. The molecule has 4 heteroatoms. The van der Waals surface area contributed by atoms with Gasteiger partial charge in [-0.25, -0.2) is 0 Å². The second-order valence-corrected chi connectivity index (χ2v) is 6.65. The van der Waals surface area contributed by atoms with Crippen LogP contribution in [0.3, 0.4) is 0 Å². The highest BCUT2D eigenvalue weighted by molar-refractivity contribution is 5.75. The lowest BCUT2D eigenvalue weighted by molar-refractivity contribution is -0.143. The van der Waals surface area contributed by atoms with E-state index in [2.05, 4.69) is 0 Å². The first-order chi connectivity index (χ1) is 8.83. The Balaban J connectivity index is 2.07. The Kier molecular flexibility index (Phi) is 2.81. The van der Waals surface area contributed by atoms with Crippen molar-refractivity contribution in [2.45, 2.75) is 57.8 Å². The zero-order chi connectivity index (χ0) is 13.9. The van der Waals surface area contributed by atoms with Crippen molar-refractivity contribution < 1.29 is 19.7 Å². The van der Waals surface area contributed by atoms with E-state index in [1.165, 1.54) is 0 Å². The molecule has 4 nitrogen and oxygen atoms in total. The van der Waals surface area contributed by atoms with Gasteiger partial charge in [-0.2, -0.15) is 0 Å². The average molecular weight is 266 g/mol. The summed E-state index contributed by atoms with van der Waals surface area (Å²) in [7, 11) is 0. The highest BCUT2D eigenvalue weighted by Gasteiger charge is 2.54. The molecule has 3 aliphatic rings. The fraction of sp³-hybridized carbons (Fsp3) is 0.800. The number of aliphatic hydroxyl groups is 2. The van der Waals surface area contributed by atoms with E-state index in [0.717, 1.165) is 17.6 Å². The van der Waals surface area contributed by atoms with Crippen LogP contribution in [-0.4, -0.2) is 34.0 Å². The van der Waals surface area contributed by atoms with E-state index in [4.69, 9.17) is 4.74 Å². The predicted octanol–water partition coefficient (Wildman–Crippen LogP) is 1.41. The van der Waals surface area contributed by atoms with E-state index in [-0.39, 0.29) is 29.8 Å². The van der Waals surface area contributed by atoms with Gasteiger partial charge in [-0.1, -0.05) is 6.92 Å². The van der Waals surface area contributed by atoms with E-state index in [0.29, 0.717) is 12.8 Å². The SMILES string of the molecule is CC1=C2[C@@H](C[C@@H]1O)[C@](C)(O)CC[C@H]1[C@H](C)C(=O)O[C@@H]21. The van der Waals surface area contributed by atoms with Crippen LogP contribution in [0.5, 0.6) is 0 Å². The molecule has 2 aliphatic carbocycles. The lowest BCUT2D eigenvalue weighted by Crippen LogP contribution is -2.35. The molecule has 0 amide bonds. The van der Waals surface area contributed by atoms with Crippen LogP contribution in [-0.2, 0) is 9.53 Å². The number of rotatable bonds is 0. The third-order valence-electron chi connectivity index (χ3n) is 5.48. The van der Waals surface area contributed by atoms with Crippen LogP contribution in [0, 0.1) is 17.8 Å². The van der Waals surface area contributed by atoms with Gasteiger partial charge >= 0.3 is 5.97 Å². The monoisotopic (exact) mass is 266 g/mol. The molecule has 1 saturated carbocycles. The maximum Gasteiger partial charge on any atom is 0.309 e. The number of esters is 1. The summed E-state index contributed by atoms with van der Waals surface area (Å²) in [4.78, 5) is 11.8. The zero-order valence-corrected chi connectivity index (χ0v) is 11.7. The van der Waals surface area contributed by atoms with Gasteiger partial charge in [0.05, 0.1) is 17.6 Å². The maximum atomic E-state index is 11.8. The normalized spacial score (nSPS) is 49.7. The second-order valence-electron chi connectivity index (χ2n) is 6.65. The van der Waals surface area contributed by atoms with E-state index >= 15 is 0 Å². The highest BCUT2D eigenvalue weighted by Crippen LogP contribution is 2.51. The Morgan fingerprint density at radius 1 is 1.42 bits per heavy atom. The Morgan fingerprint density at radius 2 is 2.11 bits per heavy atom. The molecule has 0 aromatic rings. The molecule has 1 saturated heterocycles. The van der Waals surface area contributed by atoms with Crippen molar-refractivity contribution in [3.05, 3.63) is 11.1 Å². The average Bonchev–Trinajstić information content (AvgIpc) is 2.74. The summed E-state index contributed by atoms with van der Waals surface area (Å²) in [6, 6.07) is 0. The first kappa shape index (κ1) is 13.1. The Labute approximate surface area is 113 Å². The standard InChI is InChI=1S/C15H22O4/c1-7-9-4-5-15(3,18)10-6-11(16)8(2)12(10)13(9)19-14(7)17/h7,9-11,13,16,18H,4-6H2,1-3H3/t7-,9-,10+,11-,13+,15+/m0/s1. The number of aliphatic hydroxyl groups excluding tert-OH is 1. The minimum atomic E-state index is -0.815. The Bertz CT molecular complexity index is 451. The number of fused-ring (bicyclic) bond motifs is 3. The molecular formula is C15H22O4. The van der Waals surface area contributed by atoms with Gasteiger partial charge in [0.25, 0.3) is 0 Å². The summed E-state index contributed by atoms with van der Waals surface area (Å²) in [5, 5.41) is 20.8. The van der Waals surface area contributed by atoms with Crippen LogP contribution in [0.15, 0.2) is 11.1 Å². The van der Waals surface area contributed by atoms with Crippen molar-refractivity contribution in [1.29, 1.82) is 0 Å². The molecule has 106 valence electrons. The van der Waals surface area contributed by atoms with Crippen molar-refractivity contribution in [3.63, 3.8) is 0 Å². The third-order valence-corrected chi connectivity index (χ3v) is 5.48. The van der Waals surface area contributed by atoms with Crippen LogP contribution in [0.2, 0.25) is 0 Å². The minimum absolute atomic E-state index is 0.0874. The lowest BCUT2D eigenvalue weighted by atomic mass is 9.81. The zero-order valence-electron chi connectivity index (χ0n) is 11.7. The molecule has 0 radical (unpaired) electrons. The van der Waals surface area contributed by atoms with Crippen LogP contribution in [0.1, 0.15) is 40.0 Å². The fourth-order valence-electron chi connectivity index (χ4n) is 4.09. The summed E-state index contributed by atoms with van der Waals surface area (Å²) >= 11 is 0. The largest absolute Gasteiger partial charge is 0.457 e. The lowest BCUT2D eigenvalue weighted by Gasteiger charge is -2.31. The summed E-state index contributed by atoms with van der Waals surface area (Å²) in [5.41, 5.74) is 1.06. The summed E-state index contributed by atoms with van der Waals surface area (Å²) in [5.74, 6) is -0.204. The molecule has 2 fully saturated rings. The number of hydrogen-bond acceptors (Lipinski definition) is 4. The van der Waals surface area contributed by atoms with Crippen molar-refractivity contribution in [2.75, 3.05) is 0 Å². The van der Waals surface area contributed by atoms with Crippen molar-refractivity contribution in [3.8, 4) is 0 Å². The van der Waals surface area contributed by atoms with Gasteiger partial charge in [-0.05, 0) is 44.3 Å². The van der Waals surface area contributed by atoms with Crippen molar-refractivity contribution in [2.24, 2.45) is 17.8 Å². The first-order valence-electron chi connectivity index (χ1n) is 7.14. The van der Waals surface area contributed by atoms with Crippen LogP contribution < -0.4 is 0 Å². The van der Waals surface area contributed by atoms with Crippen molar-refractivity contribution >= 4 is 5.97 Å². The van der Waals surface area contributed by atoms with E-state index in [1.807, 2.05) is 20.8 Å². The van der Waals surface area contributed by atoms with E-state index in [1.54, 1.807) is 0 Å². The topological polar surface area (TPSA) is 66.8 Å². The van der Waals surface area contributed by atoms with Gasteiger partial charge in [0.2, 0.25) is 0 Å². The minimum Gasteiger partial charge on any atom is -0.457 e. The molecule has 0 bridgehead atoms. The van der Waals surface area contributed by atoms with E-state index < -0.39 is 11.7 Å². The molecule has 6 atom stereocenters. The number of carbonyl (C=O) groups is 1. The molecule has 0 aromatic heterocycles. The van der Waals surface area contributed by atoms with Crippen LogP contribution in [0.25, 0.3) is 0 Å². The van der Waals surface area contributed by atoms with Gasteiger partial charge in [-0.3, -0.25) is 4.79 Å². The smallest absolute Gasteiger partial charge is 0.309 e. The van der Waals surface area contributed by atoms with Gasteiger partial charge in [0, 0.05) is 11.8 Å². The molecule has 1 heterocycles. The van der Waals surface area contributed by atoms with Gasteiger partial charge in [-0.15, -0.1) is 0 Å². The van der Waals surface area contributed by atoms with Gasteiger partial charge < -0.3 is 14.9 Å². The summed E-state index contributed by atoms with van der Waals surface area (Å²) in [6.45, 7) is 5.65. The Morgan fingerprint density at radius 3 is 2.79 bits per heavy atom. The van der Waals surface area contributed by atoms with Crippen LogP contribution >= 0.6 is 0 Å². The number of ether oxygens (including phenoxy) is 1. The molecule has 1 aliphatic heterocycles. The van der Waals surface area contributed by atoms with Crippen LogP contribution in [0.4, 0.5) is 0 Å². The maximum absolute atomic E-state index is 11.8. The summed E-state index contributed by atoms with van der Waals surface area (Å²) in [6.07, 6.45) is 1.25. The molecule has 0 unspecified atom stereocenters. The number of hydrogen-bond donors (Lipinski definition) is 2. The Hall–Kier alpha value is -0.870. The molecule has 0 aromatic carbocycles. The van der Waals surface area contributed by atoms with E-state index in [9.17, 15) is 15.0 Å². The molecular weight excluding hydrogens is 244 g/mol. The van der Waals surface area contributed by atoms with Crippen molar-refractivity contribution in [1.82, 2.24) is 0 Å². The van der Waals surface area contributed by atoms with Gasteiger partial charge in [0.15, 0.2) is 0 Å².